The number of anilines is 1. The van der Waals surface area contributed by atoms with E-state index in [0.29, 0.717) is 37.9 Å². The molecule has 0 spiro atoms. The van der Waals surface area contributed by atoms with Gasteiger partial charge in [-0.3, -0.25) is 9.59 Å². The first-order chi connectivity index (χ1) is 13.0. The van der Waals surface area contributed by atoms with Crippen molar-refractivity contribution in [2.45, 2.75) is 32.2 Å². The summed E-state index contributed by atoms with van der Waals surface area (Å²) < 4.78 is 19.7. The molecule has 3 rings (SSSR count). The van der Waals surface area contributed by atoms with E-state index in [1.54, 1.807) is 6.07 Å². The van der Waals surface area contributed by atoms with Crippen molar-refractivity contribution in [3.63, 3.8) is 0 Å². The molecule has 0 fully saturated rings. The Hall–Kier alpha value is -2.41. The maximum absolute atomic E-state index is 13.2. The third-order valence-corrected chi connectivity index (χ3v) is 5.05. The van der Waals surface area contributed by atoms with Gasteiger partial charge in [-0.05, 0) is 60.4 Å². The summed E-state index contributed by atoms with van der Waals surface area (Å²) >= 11 is 3.34. The van der Waals surface area contributed by atoms with Crippen LogP contribution in [-0.4, -0.2) is 18.4 Å². The third kappa shape index (κ3) is 5.53. The molecule has 5 nitrogen and oxygen atoms in total. The zero-order chi connectivity index (χ0) is 19.2. The number of carbonyl (C=O) groups excluding carboxylic acids is 2. The van der Waals surface area contributed by atoms with Crippen LogP contribution in [0.5, 0.6) is 5.75 Å². The summed E-state index contributed by atoms with van der Waals surface area (Å²) in [6.07, 6.45) is 2.09. The quantitative estimate of drug-likeness (QED) is 0.648. The second kappa shape index (κ2) is 8.99. The molecule has 1 aliphatic heterocycles. The molecule has 0 bridgehead atoms. The normalized spacial score (nSPS) is 12.9. The summed E-state index contributed by atoms with van der Waals surface area (Å²) in [4.78, 5) is 23.3. The van der Waals surface area contributed by atoms with Crippen molar-refractivity contribution >= 4 is 33.4 Å². The molecule has 142 valence electrons. The fraction of sp³-hybridized carbons (Fsp3) is 0.300. The molecular formula is C20H20BrFN2O3. The van der Waals surface area contributed by atoms with Crippen molar-refractivity contribution in [3.05, 3.63) is 57.8 Å². The van der Waals surface area contributed by atoms with Crippen LogP contribution in [-0.2, 0) is 22.6 Å². The molecule has 0 unspecified atom stereocenters. The monoisotopic (exact) mass is 434 g/mol. The van der Waals surface area contributed by atoms with Crippen LogP contribution in [0, 0.1) is 5.82 Å². The molecule has 2 amide bonds. The smallest absolute Gasteiger partial charge is 0.224 e. The number of hydrogen-bond donors (Lipinski definition) is 2. The summed E-state index contributed by atoms with van der Waals surface area (Å²) in [7, 11) is 0. The molecule has 1 heterocycles. The van der Waals surface area contributed by atoms with Crippen LogP contribution in [0.3, 0.4) is 0 Å². The van der Waals surface area contributed by atoms with E-state index in [2.05, 4.69) is 26.6 Å². The fourth-order valence-corrected chi connectivity index (χ4v) is 3.22. The lowest BCUT2D eigenvalue weighted by molar-refractivity contribution is -0.121. The first kappa shape index (κ1) is 19.4. The predicted octanol–water partition coefficient (Wildman–Crippen LogP) is 3.95. The molecule has 0 aliphatic carbocycles. The molecule has 0 atom stereocenters. The van der Waals surface area contributed by atoms with Gasteiger partial charge < -0.3 is 15.4 Å². The molecule has 7 heteroatoms. The Morgan fingerprint density at radius 2 is 2.07 bits per heavy atom. The zero-order valence-electron chi connectivity index (χ0n) is 14.7. The number of halogens is 2. The summed E-state index contributed by atoms with van der Waals surface area (Å²) in [6.45, 7) is 0.691. The lowest BCUT2D eigenvalue weighted by Crippen LogP contribution is -2.23. The average Bonchev–Trinajstić information content (AvgIpc) is 2.66. The molecule has 0 saturated heterocycles. The van der Waals surface area contributed by atoms with E-state index in [-0.39, 0.29) is 24.2 Å². The van der Waals surface area contributed by atoms with E-state index in [4.69, 9.17) is 4.74 Å². The number of aryl methyl sites for hydroxylation is 1. The van der Waals surface area contributed by atoms with Crippen LogP contribution < -0.4 is 15.4 Å². The fourth-order valence-electron chi connectivity index (χ4n) is 2.83. The van der Waals surface area contributed by atoms with Gasteiger partial charge in [0.25, 0.3) is 0 Å². The van der Waals surface area contributed by atoms with E-state index in [9.17, 15) is 14.0 Å². The minimum atomic E-state index is -0.333. The second-order valence-electron chi connectivity index (χ2n) is 6.33. The Kier molecular flexibility index (Phi) is 6.45. The number of rotatable bonds is 7. The van der Waals surface area contributed by atoms with Gasteiger partial charge in [-0.2, -0.15) is 0 Å². The highest BCUT2D eigenvalue weighted by atomic mass is 79.9. The van der Waals surface area contributed by atoms with Crippen molar-refractivity contribution in [1.82, 2.24) is 5.32 Å². The van der Waals surface area contributed by atoms with Gasteiger partial charge in [0, 0.05) is 29.5 Å². The van der Waals surface area contributed by atoms with E-state index in [0.717, 1.165) is 21.5 Å². The van der Waals surface area contributed by atoms with E-state index in [1.807, 2.05) is 18.2 Å². The molecule has 0 saturated carbocycles. The topological polar surface area (TPSA) is 67.4 Å². The van der Waals surface area contributed by atoms with Gasteiger partial charge in [-0.1, -0.05) is 15.9 Å². The molecule has 0 radical (unpaired) electrons. The summed E-state index contributed by atoms with van der Waals surface area (Å²) in [6, 6.07) is 9.95. The maximum Gasteiger partial charge on any atom is 0.224 e. The molecular weight excluding hydrogens is 415 g/mol. The Morgan fingerprint density at radius 1 is 1.22 bits per heavy atom. The Balaban J connectivity index is 1.39. The number of fused-ring (bicyclic) bond motifs is 1. The van der Waals surface area contributed by atoms with Crippen molar-refractivity contribution in [3.8, 4) is 5.75 Å². The van der Waals surface area contributed by atoms with E-state index >= 15 is 0 Å². The number of benzene rings is 2. The first-order valence-electron chi connectivity index (χ1n) is 8.77. The largest absolute Gasteiger partial charge is 0.494 e. The minimum absolute atomic E-state index is 0.0347. The standard InChI is InChI=1S/C20H20BrFN2O3/c21-17-6-4-15(22)10-14(17)12-23-19(25)2-1-9-27-16-5-7-18-13(11-16)3-8-20(26)24-18/h4-7,10-11H,1-3,8-9,12H2,(H,23,25)(H,24,26). The Labute approximate surface area is 165 Å². The van der Waals surface area contributed by atoms with Gasteiger partial charge in [0.2, 0.25) is 11.8 Å². The van der Waals surface area contributed by atoms with Gasteiger partial charge in [0.05, 0.1) is 6.61 Å². The van der Waals surface area contributed by atoms with Crippen LogP contribution in [0.1, 0.15) is 30.4 Å². The number of amides is 2. The highest BCUT2D eigenvalue weighted by Crippen LogP contribution is 2.26. The number of carbonyl (C=O) groups is 2. The zero-order valence-corrected chi connectivity index (χ0v) is 16.3. The molecule has 27 heavy (non-hydrogen) atoms. The van der Waals surface area contributed by atoms with E-state index in [1.165, 1.54) is 12.1 Å². The van der Waals surface area contributed by atoms with Crippen LogP contribution in [0.4, 0.5) is 10.1 Å². The van der Waals surface area contributed by atoms with Crippen molar-refractivity contribution < 1.29 is 18.7 Å². The van der Waals surface area contributed by atoms with Crippen molar-refractivity contribution in [2.24, 2.45) is 0 Å². The van der Waals surface area contributed by atoms with Gasteiger partial charge in [0.15, 0.2) is 0 Å². The number of hydrogen-bond acceptors (Lipinski definition) is 3. The van der Waals surface area contributed by atoms with Crippen molar-refractivity contribution in [2.75, 3.05) is 11.9 Å². The van der Waals surface area contributed by atoms with Crippen molar-refractivity contribution in [1.29, 1.82) is 0 Å². The predicted molar refractivity (Wildman–Crippen MR) is 104 cm³/mol. The first-order valence-corrected chi connectivity index (χ1v) is 9.57. The lowest BCUT2D eigenvalue weighted by Gasteiger charge is -2.17. The molecule has 0 aromatic heterocycles. The SMILES string of the molecule is O=C(CCCOc1ccc2c(c1)CCC(=O)N2)NCc1cc(F)ccc1Br. The highest BCUT2D eigenvalue weighted by Gasteiger charge is 2.15. The molecule has 2 aromatic carbocycles. The summed E-state index contributed by atoms with van der Waals surface area (Å²) in [5, 5.41) is 5.61. The second-order valence-corrected chi connectivity index (χ2v) is 7.19. The maximum atomic E-state index is 13.2. The number of ether oxygens (including phenoxy) is 1. The summed E-state index contributed by atoms with van der Waals surface area (Å²) in [5.74, 6) is 0.324. The van der Waals surface area contributed by atoms with Crippen LogP contribution >= 0.6 is 15.9 Å². The number of nitrogens with one attached hydrogen (secondary N) is 2. The Bertz CT molecular complexity index is 857. The van der Waals surface area contributed by atoms with Gasteiger partial charge >= 0.3 is 0 Å². The highest BCUT2D eigenvalue weighted by molar-refractivity contribution is 9.10. The lowest BCUT2D eigenvalue weighted by atomic mass is 10.0. The van der Waals surface area contributed by atoms with Crippen LogP contribution in [0.25, 0.3) is 0 Å². The van der Waals surface area contributed by atoms with Crippen LogP contribution in [0.2, 0.25) is 0 Å². The average molecular weight is 435 g/mol. The van der Waals surface area contributed by atoms with Gasteiger partial charge in [0.1, 0.15) is 11.6 Å². The van der Waals surface area contributed by atoms with Gasteiger partial charge in [-0.15, -0.1) is 0 Å². The van der Waals surface area contributed by atoms with Crippen LogP contribution in [0.15, 0.2) is 40.9 Å². The summed E-state index contributed by atoms with van der Waals surface area (Å²) in [5.41, 5.74) is 2.59. The van der Waals surface area contributed by atoms with Gasteiger partial charge in [-0.25, -0.2) is 4.39 Å². The molecule has 2 N–H and O–H groups in total. The minimum Gasteiger partial charge on any atom is -0.494 e. The molecule has 1 aliphatic rings. The van der Waals surface area contributed by atoms with E-state index < -0.39 is 0 Å². The molecule has 2 aromatic rings. The Morgan fingerprint density at radius 3 is 2.93 bits per heavy atom. The third-order valence-electron chi connectivity index (χ3n) is 4.27.